The minimum atomic E-state index is -1.60. The second-order valence-corrected chi connectivity index (χ2v) is 26.4. The summed E-state index contributed by atoms with van der Waals surface area (Å²) in [4.78, 5) is 82.3. The van der Waals surface area contributed by atoms with Gasteiger partial charge in [0, 0.05) is 83.4 Å². The SMILES string of the molecule is C=CCOC(=O)[C@@H]([C@H](OC(C)=O)[C@H](C)[C@@H](OC(C)=O)[C@@H](C)/C=C(\C)C(=O)c1c(OCOC)c(C)c(OCC=C)c2c(OCOC)c(NC(=O)OCC[Si](C)(C)C)c(C)c(OCOC)c12)[C@@H]1OC(C)(C)O[C@H]([C@H](C)C=O)[C@H]1C. The highest BCUT2D eigenvalue weighted by Crippen LogP contribution is 2.54. The number of allylic oxidation sites excluding steroid dienone is 1. The average Bonchev–Trinajstić information content (AvgIpc) is 3.36. The summed E-state index contributed by atoms with van der Waals surface area (Å²) in [5, 5.41) is 3.15. The summed E-state index contributed by atoms with van der Waals surface area (Å²) >= 11 is 0. The minimum absolute atomic E-state index is 0.0244. The Hall–Kier alpha value is -5.84. The Morgan fingerprint density at radius 3 is 1.79 bits per heavy atom. The van der Waals surface area contributed by atoms with E-state index >= 15 is 4.79 Å². The van der Waals surface area contributed by atoms with Crippen molar-refractivity contribution in [2.75, 3.05) is 66.8 Å². The quantitative estimate of drug-likeness (QED) is 0.0108. The maximum Gasteiger partial charge on any atom is 0.411 e. The number of carbonyl (C=O) groups excluding carboxylic acids is 6. The van der Waals surface area contributed by atoms with Crippen molar-refractivity contribution in [2.45, 2.75) is 132 Å². The minimum Gasteiger partial charge on any atom is -0.488 e. The summed E-state index contributed by atoms with van der Waals surface area (Å²) in [5.41, 5.74) is 0.788. The standard InChI is InChI=1S/C56H83NO19Si/c1-20-22-67-50-37(9)49(71-29-65-15)41(40-42(50)53(72-30-66-16)44(34(6)48(40)70-28-64-14)57-55(63)69-24-25-77(17,18)19)45(61)31(3)26-32(4)46(73-38(10)59)35(7)51(74-39(11)60)43(54(62)68-23-21-2)52-36(8)47(33(5)27-58)75-56(12,13)76-52/h20-21,26-27,32-33,35-36,43,46-47,51-52H,1-2,22-25,28-30H2,3-19H3,(H,57,63)/b31-26+/t32-,33+,35+,36+,43-,46-,47+,51+,52+/m0/s1. The lowest BCUT2D eigenvalue weighted by molar-refractivity contribution is -0.336. The van der Waals surface area contributed by atoms with Crippen LogP contribution in [0.15, 0.2) is 37.0 Å². The number of methoxy groups -OCH3 is 3. The number of fused-ring (bicyclic) bond motifs is 1. The topological polar surface area (TPSA) is 234 Å². The van der Waals surface area contributed by atoms with Gasteiger partial charge in [-0.2, -0.15) is 0 Å². The van der Waals surface area contributed by atoms with Gasteiger partial charge in [-0.1, -0.05) is 78.7 Å². The second-order valence-electron chi connectivity index (χ2n) is 20.8. The fourth-order valence-corrected chi connectivity index (χ4v) is 10.1. The first-order valence-corrected chi connectivity index (χ1v) is 29.2. The fraction of sp³-hybridized carbons (Fsp3) is 0.607. The van der Waals surface area contributed by atoms with Crippen LogP contribution in [0, 0.1) is 43.4 Å². The zero-order chi connectivity index (χ0) is 58.1. The van der Waals surface area contributed by atoms with Gasteiger partial charge in [0.2, 0.25) is 0 Å². The van der Waals surface area contributed by atoms with Gasteiger partial charge >= 0.3 is 24.0 Å². The zero-order valence-corrected chi connectivity index (χ0v) is 49.1. The van der Waals surface area contributed by atoms with Gasteiger partial charge in [0.05, 0.1) is 35.5 Å². The number of aldehydes is 1. The average molecular weight is 1100 g/mol. The molecule has 1 fully saturated rings. The van der Waals surface area contributed by atoms with Crippen molar-refractivity contribution < 1.29 is 90.3 Å². The summed E-state index contributed by atoms with van der Waals surface area (Å²) in [6.45, 7) is 30.3. The number of hydrogen-bond donors (Lipinski definition) is 1. The Balaban J connectivity index is 2.49. The molecule has 3 rings (SSSR count). The van der Waals surface area contributed by atoms with Gasteiger partial charge in [-0.15, -0.1) is 0 Å². The van der Waals surface area contributed by atoms with Crippen LogP contribution in [0.4, 0.5) is 10.5 Å². The van der Waals surface area contributed by atoms with Gasteiger partial charge < -0.3 is 66.4 Å². The number of anilines is 1. The number of hydrogen-bond acceptors (Lipinski definition) is 19. The summed E-state index contributed by atoms with van der Waals surface area (Å²) in [6.07, 6.45) is 0.0606. The predicted molar refractivity (Wildman–Crippen MR) is 290 cm³/mol. The smallest absolute Gasteiger partial charge is 0.411 e. The molecular weight excluding hydrogens is 1020 g/mol. The molecular formula is C56H83NO19Si. The fourth-order valence-electron chi connectivity index (χ4n) is 9.38. The number of esters is 3. The van der Waals surface area contributed by atoms with Gasteiger partial charge in [-0.3, -0.25) is 24.5 Å². The van der Waals surface area contributed by atoms with E-state index in [1.54, 1.807) is 68.4 Å². The first-order valence-electron chi connectivity index (χ1n) is 25.5. The van der Waals surface area contributed by atoms with E-state index in [4.69, 9.17) is 61.6 Å². The Labute approximate surface area is 454 Å². The van der Waals surface area contributed by atoms with Crippen LogP contribution >= 0.6 is 0 Å². The maximum atomic E-state index is 15.7. The molecule has 2 aromatic rings. The molecule has 1 amide bonds. The van der Waals surface area contributed by atoms with E-state index < -0.39 is 97.7 Å². The Morgan fingerprint density at radius 1 is 0.727 bits per heavy atom. The predicted octanol–water partition coefficient (Wildman–Crippen LogP) is 9.46. The Kier molecular flexibility index (Phi) is 25.3. The van der Waals surface area contributed by atoms with Gasteiger partial charge in [0.15, 0.2) is 37.7 Å². The highest BCUT2D eigenvalue weighted by molar-refractivity contribution is 6.76. The third-order valence-corrected chi connectivity index (χ3v) is 14.5. The summed E-state index contributed by atoms with van der Waals surface area (Å²) in [6, 6.07) is 0.705. The van der Waals surface area contributed by atoms with Gasteiger partial charge in [0.25, 0.3) is 0 Å². The molecule has 430 valence electrons. The van der Waals surface area contributed by atoms with Crippen molar-refractivity contribution in [1.29, 1.82) is 0 Å². The number of ether oxygens (including phenoxy) is 13. The largest absolute Gasteiger partial charge is 0.488 e. The molecule has 0 radical (unpaired) electrons. The van der Waals surface area contributed by atoms with E-state index in [1.165, 1.54) is 47.3 Å². The van der Waals surface area contributed by atoms with Crippen LogP contribution in [0.2, 0.25) is 25.7 Å². The molecule has 20 nitrogen and oxygen atoms in total. The highest BCUT2D eigenvalue weighted by atomic mass is 28.3. The molecule has 1 saturated heterocycles. The molecule has 1 N–H and O–H groups in total. The molecule has 2 aromatic carbocycles. The van der Waals surface area contributed by atoms with Gasteiger partial charge in [0.1, 0.15) is 54.9 Å². The lowest BCUT2D eigenvalue weighted by Gasteiger charge is -2.49. The van der Waals surface area contributed by atoms with E-state index in [0.29, 0.717) is 17.2 Å². The van der Waals surface area contributed by atoms with Crippen molar-refractivity contribution >= 4 is 60.6 Å². The molecule has 0 aliphatic carbocycles. The molecule has 1 heterocycles. The van der Waals surface area contributed by atoms with Crippen molar-refractivity contribution in [3.8, 4) is 23.0 Å². The molecule has 0 aromatic heterocycles. The number of amides is 1. The molecule has 0 unspecified atom stereocenters. The van der Waals surface area contributed by atoms with Crippen molar-refractivity contribution in [3.05, 3.63) is 53.6 Å². The van der Waals surface area contributed by atoms with Crippen LogP contribution in [0.25, 0.3) is 10.8 Å². The van der Waals surface area contributed by atoms with Crippen molar-refractivity contribution in [2.24, 2.45) is 29.6 Å². The van der Waals surface area contributed by atoms with E-state index in [2.05, 4.69) is 38.1 Å². The number of carbonyl (C=O) groups is 6. The van der Waals surface area contributed by atoms with Crippen LogP contribution in [0.5, 0.6) is 23.0 Å². The molecule has 21 heteroatoms. The number of rotatable bonds is 31. The van der Waals surface area contributed by atoms with E-state index in [0.717, 1.165) is 6.29 Å². The van der Waals surface area contributed by atoms with Gasteiger partial charge in [-0.05, 0) is 46.2 Å². The van der Waals surface area contributed by atoms with Crippen LogP contribution in [0.1, 0.15) is 83.8 Å². The third-order valence-electron chi connectivity index (χ3n) is 12.8. The lowest BCUT2D eigenvalue weighted by atomic mass is 9.75. The maximum absolute atomic E-state index is 15.7. The van der Waals surface area contributed by atoms with Crippen LogP contribution in [-0.2, 0) is 61.8 Å². The lowest BCUT2D eigenvalue weighted by Crippen LogP contribution is -2.59. The number of nitrogens with one attached hydrogen (secondary N) is 1. The van der Waals surface area contributed by atoms with Crippen molar-refractivity contribution in [3.63, 3.8) is 0 Å². The molecule has 0 saturated carbocycles. The number of Topliss-reactive ketones (excluding diaryl/α,β-unsaturated/α-hetero) is 1. The number of benzene rings is 2. The van der Waals surface area contributed by atoms with Crippen LogP contribution in [-0.4, -0.2) is 136 Å². The summed E-state index contributed by atoms with van der Waals surface area (Å²) in [7, 11) is 2.65. The third kappa shape index (κ3) is 17.3. The molecule has 1 aliphatic rings. The summed E-state index contributed by atoms with van der Waals surface area (Å²) < 4.78 is 77.7. The van der Waals surface area contributed by atoms with E-state index in [1.807, 2.05) is 0 Å². The van der Waals surface area contributed by atoms with E-state index in [-0.39, 0.29) is 90.8 Å². The van der Waals surface area contributed by atoms with E-state index in [9.17, 15) is 24.0 Å². The normalized spacial score (nSPS) is 18.8. The first kappa shape index (κ1) is 65.4. The molecule has 0 spiro atoms. The second kappa shape index (κ2) is 29.8. The Bertz CT molecular complexity index is 2450. The van der Waals surface area contributed by atoms with Gasteiger partial charge in [-0.25, -0.2) is 4.79 Å². The highest BCUT2D eigenvalue weighted by Gasteiger charge is 2.54. The summed E-state index contributed by atoms with van der Waals surface area (Å²) in [5.74, 6) is -8.48. The molecule has 77 heavy (non-hydrogen) atoms. The monoisotopic (exact) mass is 1100 g/mol. The Morgan fingerprint density at radius 2 is 1.26 bits per heavy atom. The molecule has 9 atom stereocenters. The van der Waals surface area contributed by atoms with Crippen LogP contribution < -0.4 is 24.3 Å². The zero-order valence-electron chi connectivity index (χ0n) is 48.1. The molecule has 1 aliphatic heterocycles. The molecule has 0 bridgehead atoms. The van der Waals surface area contributed by atoms with Crippen LogP contribution in [0.3, 0.4) is 0 Å². The van der Waals surface area contributed by atoms with Crippen molar-refractivity contribution in [1.82, 2.24) is 0 Å². The first-order chi connectivity index (χ1) is 36.2. The number of ketones is 1.